The molecule has 1 aromatic heterocycles. The zero-order valence-electron chi connectivity index (χ0n) is 14.2. The third kappa shape index (κ3) is 3.30. The molecule has 3 heteroatoms. The Morgan fingerprint density at radius 1 is 0.957 bits per heavy atom. The van der Waals surface area contributed by atoms with Gasteiger partial charge in [-0.2, -0.15) is 0 Å². The molecule has 0 bridgehead atoms. The lowest BCUT2D eigenvalue weighted by Gasteiger charge is -2.19. The number of rotatable bonds is 6. The van der Waals surface area contributed by atoms with Crippen LogP contribution in [0.4, 0.5) is 0 Å². The topological polar surface area (TPSA) is 25.4 Å². The van der Waals surface area contributed by atoms with Gasteiger partial charge in [0.1, 0.15) is 12.4 Å². The zero-order valence-corrected chi connectivity index (χ0v) is 14.2. The summed E-state index contributed by atoms with van der Waals surface area (Å²) in [5.41, 5.74) is 3.21. The van der Waals surface area contributed by atoms with Gasteiger partial charge in [0.05, 0.1) is 11.0 Å². The highest BCUT2D eigenvalue weighted by Gasteiger charge is 2.11. The second-order valence-electron chi connectivity index (χ2n) is 5.85. The maximum Gasteiger partial charge on any atom is 0.138 e. The number of fused-ring (bicyclic) bond motifs is 2. The number of pyridine rings is 1. The molecule has 0 aliphatic carbocycles. The zero-order chi connectivity index (χ0) is 16.2. The van der Waals surface area contributed by atoms with Crippen LogP contribution in [0.25, 0.3) is 21.8 Å². The molecule has 0 aliphatic heterocycles. The smallest absolute Gasteiger partial charge is 0.138 e. The summed E-state index contributed by atoms with van der Waals surface area (Å²) in [6.07, 6.45) is 0. The maximum atomic E-state index is 6.24. The molecule has 0 saturated heterocycles. The van der Waals surface area contributed by atoms with Gasteiger partial charge in [0, 0.05) is 17.3 Å². The van der Waals surface area contributed by atoms with E-state index in [-0.39, 0.29) is 0 Å². The molecule has 0 aliphatic rings. The van der Waals surface area contributed by atoms with Crippen molar-refractivity contribution in [1.29, 1.82) is 0 Å². The van der Waals surface area contributed by atoms with E-state index in [9.17, 15) is 0 Å². The van der Waals surface area contributed by atoms with Gasteiger partial charge in [0.25, 0.3) is 0 Å². The van der Waals surface area contributed by atoms with Crippen molar-refractivity contribution in [3.63, 3.8) is 0 Å². The minimum absolute atomic E-state index is 0.693. The van der Waals surface area contributed by atoms with Gasteiger partial charge in [-0.3, -0.25) is 0 Å². The first-order chi connectivity index (χ1) is 11.2. The SMILES string of the molecule is CCN(CC)CCOc1c2ccccc2nc2ccc(C)cc12. The van der Waals surface area contributed by atoms with E-state index in [1.165, 1.54) is 5.56 Å². The Balaban J connectivity index is 2.02. The molecule has 3 nitrogen and oxygen atoms in total. The van der Waals surface area contributed by atoms with Gasteiger partial charge in [0.2, 0.25) is 0 Å². The van der Waals surface area contributed by atoms with Crippen molar-refractivity contribution < 1.29 is 4.74 Å². The molecule has 0 N–H and O–H groups in total. The first-order valence-electron chi connectivity index (χ1n) is 8.37. The Labute approximate surface area is 137 Å². The van der Waals surface area contributed by atoms with Gasteiger partial charge in [-0.25, -0.2) is 4.98 Å². The number of hydrogen-bond donors (Lipinski definition) is 0. The van der Waals surface area contributed by atoms with Gasteiger partial charge in [-0.15, -0.1) is 0 Å². The van der Waals surface area contributed by atoms with E-state index < -0.39 is 0 Å². The Kier molecular flexibility index (Phi) is 4.77. The average Bonchev–Trinajstić information content (AvgIpc) is 2.58. The lowest BCUT2D eigenvalue weighted by molar-refractivity contribution is 0.225. The van der Waals surface area contributed by atoms with Crippen LogP contribution in [-0.2, 0) is 0 Å². The van der Waals surface area contributed by atoms with Crippen LogP contribution < -0.4 is 4.74 Å². The molecule has 0 spiro atoms. The van der Waals surface area contributed by atoms with Crippen molar-refractivity contribution in [2.45, 2.75) is 20.8 Å². The Bertz CT molecular complexity index is 809. The number of para-hydroxylation sites is 1. The predicted molar refractivity (Wildman–Crippen MR) is 97.3 cm³/mol. The lowest BCUT2D eigenvalue weighted by Crippen LogP contribution is -2.27. The second-order valence-corrected chi connectivity index (χ2v) is 5.85. The first kappa shape index (κ1) is 15.8. The minimum Gasteiger partial charge on any atom is -0.491 e. The average molecular weight is 308 g/mol. The normalized spacial score (nSPS) is 11.5. The molecule has 0 unspecified atom stereocenters. The van der Waals surface area contributed by atoms with Crippen molar-refractivity contribution in [3.8, 4) is 5.75 Å². The van der Waals surface area contributed by atoms with E-state index in [4.69, 9.17) is 9.72 Å². The third-order valence-electron chi connectivity index (χ3n) is 4.33. The standard InChI is InChI=1S/C20H24N2O/c1-4-22(5-2)12-13-23-20-16-8-6-7-9-18(16)21-19-11-10-15(3)14-17(19)20/h6-11,14H,4-5,12-13H2,1-3H3. The number of aryl methyl sites for hydroxylation is 1. The van der Waals surface area contributed by atoms with Gasteiger partial charge >= 0.3 is 0 Å². The van der Waals surface area contributed by atoms with Gasteiger partial charge in [-0.1, -0.05) is 37.6 Å². The van der Waals surface area contributed by atoms with Gasteiger partial charge in [-0.05, 0) is 44.3 Å². The highest BCUT2D eigenvalue weighted by Crippen LogP contribution is 2.33. The van der Waals surface area contributed by atoms with E-state index in [1.54, 1.807) is 0 Å². The largest absolute Gasteiger partial charge is 0.491 e. The van der Waals surface area contributed by atoms with E-state index in [1.807, 2.05) is 18.2 Å². The van der Waals surface area contributed by atoms with Crippen molar-refractivity contribution in [2.24, 2.45) is 0 Å². The number of aromatic nitrogens is 1. The number of likely N-dealkylation sites (N-methyl/N-ethyl adjacent to an activating group) is 1. The van der Waals surface area contributed by atoms with Crippen LogP contribution >= 0.6 is 0 Å². The van der Waals surface area contributed by atoms with E-state index in [0.29, 0.717) is 6.61 Å². The Morgan fingerprint density at radius 2 is 1.70 bits per heavy atom. The molecule has 0 fully saturated rings. The second kappa shape index (κ2) is 6.97. The molecule has 3 rings (SSSR count). The van der Waals surface area contributed by atoms with Crippen LogP contribution in [-0.4, -0.2) is 36.1 Å². The van der Waals surface area contributed by atoms with Crippen LogP contribution in [0.15, 0.2) is 42.5 Å². The fourth-order valence-corrected chi connectivity index (χ4v) is 2.94. The Hall–Kier alpha value is -2.13. The van der Waals surface area contributed by atoms with E-state index in [2.05, 4.69) is 49.9 Å². The van der Waals surface area contributed by atoms with E-state index >= 15 is 0 Å². The molecular formula is C20H24N2O. The molecule has 0 radical (unpaired) electrons. The van der Waals surface area contributed by atoms with Crippen molar-refractivity contribution in [2.75, 3.05) is 26.2 Å². The summed E-state index contributed by atoms with van der Waals surface area (Å²) >= 11 is 0. The van der Waals surface area contributed by atoms with Crippen LogP contribution in [0.2, 0.25) is 0 Å². The predicted octanol–water partition coefficient (Wildman–Crippen LogP) is 4.42. The fraction of sp³-hybridized carbons (Fsp3) is 0.350. The molecule has 3 aromatic rings. The van der Waals surface area contributed by atoms with Gasteiger partial charge < -0.3 is 9.64 Å². The summed E-state index contributed by atoms with van der Waals surface area (Å²) < 4.78 is 6.24. The Morgan fingerprint density at radius 3 is 2.48 bits per heavy atom. The van der Waals surface area contributed by atoms with Crippen LogP contribution in [0.1, 0.15) is 19.4 Å². The minimum atomic E-state index is 0.693. The summed E-state index contributed by atoms with van der Waals surface area (Å²) in [7, 11) is 0. The summed E-state index contributed by atoms with van der Waals surface area (Å²) in [6.45, 7) is 10.2. The molecule has 23 heavy (non-hydrogen) atoms. The number of benzene rings is 2. The molecule has 0 atom stereocenters. The lowest BCUT2D eigenvalue weighted by atomic mass is 10.1. The first-order valence-corrected chi connectivity index (χ1v) is 8.37. The maximum absolute atomic E-state index is 6.24. The molecule has 120 valence electrons. The summed E-state index contributed by atoms with van der Waals surface area (Å²) in [6, 6.07) is 14.6. The van der Waals surface area contributed by atoms with Crippen molar-refractivity contribution in [3.05, 3.63) is 48.0 Å². The number of nitrogens with zero attached hydrogens (tertiary/aromatic N) is 2. The summed E-state index contributed by atoms with van der Waals surface area (Å²) in [5.74, 6) is 0.960. The van der Waals surface area contributed by atoms with Crippen LogP contribution in [0.5, 0.6) is 5.75 Å². The molecule has 2 aromatic carbocycles. The molecule has 0 saturated carbocycles. The van der Waals surface area contributed by atoms with Crippen LogP contribution in [0, 0.1) is 6.92 Å². The molecular weight excluding hydrogens is 284 g/mol. The highest BCUT2D eigenvalue weighted by molar-refractivity contribution is 6.01. The van der Waals surface area contributed by atoms with Gasteiger partial charge in [0.15, 0.2) is 0 Å². The van der Waals surface area contributed by atoms with Crippen molar-refractivity contribution >= 4 is 21.8 Å². The van der Waals surface area contributed by atoms with Crippen molar-refractivity contribution in [1.82, 2.24) is 9.88 Å². The quantitative estimate of drug-likeness (QED) is 0.630. The van der Waals surface area contributed by atoms with Crippen LogP contribution in [0.3, 0.4) is 0 Å². The highest BCUT2D eigenvalue weighted by atomic mass is 16.5. The number of ether oxygens (including phenoxy) is 1. The molecule has 0 amide bonds. The molecule has 1 heterocycles. The summed E-state index contributed by atoms with van der Waals surface area (Å²) in [5, 5.41) is 2.19. The third-order valence-corrected chi connectivity index (χ3v) is 4.33. The number of hydrogen-bond acceptors (Lipinski definition) is 3. The van der Waals surface area contributed by atoms with E-state index in [0.717, 1.165) is 47.2 Å². The fourth-order valence-electron chi connectivity index (χ4n) is 2.94. The monoisotopic (exact) mass is 308 g/mol. The summed E-state index contributed by atoms with van der Waals surface area (Å²) in [4.78, 5) is 7.14.